The molecule has 0 saturated carbocycles. The van der Waals surface area contributed by atoms with Gasteiger partial charge in [0.25, 0.3) is 0 Å². The fraction of sp³-hybridized carbons (Fsp3) is 0.167. The van der Waals surface area contributed by atoms with Crippen molar-refractivity contribution in [1.82, 2.24) is 14.5 Å². The molecule has 1 N–H and O–H groups in total. The molecule has 0 amide bonds. The van der Waals surface area contributed by atoms with Crippen molar-refractivity contribution >= 4 is 45.6 Å². The van der Waals surface area contributed by atoms with Crippen LogP contribution in [0.2, 0.25) is 5.02 Å². The van der Waals surface area contributed by atoms with Gasteiger partial charge >= 0.3 is 4.87 Å². The van der Waals surface area contributed by atoms with Crippen molar-refractivity contribution in [3.05, 3.63) is 49.5 Å². The lowest BCUT2D eigenvalue weighted by atomic mass is 10.3. The van der Waals surface area contributed by atoms with Crippen LogP contribution < -0.4 is 4.87 Å². The molecule has 4 nitrogen and oxygen atoms in total. The Labute approximate surface area is 126 Å². The minimum Gasteiger partial charge on any atom is -0.321 e. The van der Waals surface area contributed by atoms with E-state index in [9.17, 15) is 9.18 Å². The van der Waals surface area contributed by atoms with Crippen molar-refractivity contribution in [2.24, 2.45) is 0 Å². The zero-order valence-corrected chi connectivity index (χ0v) is 12.3. The molecule has 0 saturated heterocycles. The summed E-state index contributed by atoms with van der Waals surface area (Å²) in [6.07, 6.45) is 0. The maximum absolute atomic E-state index is 13.6. The maximum atomic E-state index is 13.6. The topological polar surface area (TPSA) is 50.7 Å². The van der Waals surface area contributed by atoms with E-state index in [0.717, 1.165) is 17.0 Å². The second-order valence-electron chi connectivity index (χ2n) is 4.18. The number of nitrogens with one attached hydrogen (secondary N) is 1. The summed E-state index contributed by atoms with van der Waals surface area (Å²) in [5.74, 6) is 0.262. The SMILES string of the molecule is O=c1[nH]c(Cn2c(CCl)nc3cc(Cl)c(F)cc32)cs1. The molecular weight excluding hydrogens is 324 g/mol. The summed E-state index contributed by atoms with van der Waals surface area (Å²) < 4.78 is 15.4. The third kappa shape index (κ3) is 2.34. The molecule has 0 radical (unpaired) electrons. The van der Waals surface area contributed by atoms with Gasteiger partial charge in [-0.1, -0.05) is 22.9 Å². The molecule has 20 heavy (non-hydrogen) atoms. The van der Waals surface area contributed by atoms with Gasteiger partial charge in [0, 0.05) is 17.1 Å². The largest absolute Gasteiger partial charge is 0.321 e. The van der Waals surface area contributed by atoms with E-state index in [1.165, 1.54) is 12.1 Å². The smallest absolute Gasteiger partial charge is 0.304 e. The number of H-pyrrole nitrogens is 1. The number of thiazole rings is 1. The summed E-state index contributed by atoms with van der Waals surface area (Å²) in [6, 6.07) is 2.79. The molecule has 1 aromatic carbocycles. The van der Waals surface area contributed by atoms with Crippen molar-refractivity contribution in [2.75, 3.05) is 0 Å². The van der Waals surface area contributed by atoms with Crippen LogP contribution in [0, 0.1) is 5.82 Å². The lowest BCUT2D eigenvalue weighted by molar-refractivity contribution is 0.628. The van der Waals surface area contributed by atoms with E-state index in [1.807, 2.05) is 0 Å². The van der Waals surface area contributed by atoms with Crippen LogP contribution in [0.15, 0.2) is 22.3 Å². The molecule has 0 aliphatic heterocycles. The van der Waals surface area contributed by atoms with Gasteiger partial charge in [-0.3, -0.25) is 4.79 Å². The highest BCUT2D eigenvalue weighted by Gasteiger charge is 2.14. The Bertz CT molecular complexity index is 839. The highest BCUT2D eigenvalue weighted by atomic mass is 35.5. The van der Waals surface area contributed by atoms with Gasteiger partial charge in [0.1, 0.15) is 11.6 Å². The van der Waals surface area contributed by atoms with E-state index in [2.05, 4.69) is 9.97 Å². The van der Waals surface area contributed by atoms with Crippen LogP contribution in [0.4, 0.5) is 4.39 Å². The molecule has 2 heterocycles. The summed E-state index contributed by atoms with van der Waals surface area (Å²) in [6.45, 7) is 0.373. The molecular formula is C12H8Cl2FN3OS. The summed E-state index contributed by atoms with van der Waals surface area (Å²) >= 11 is 12.7. The van der Waals surface area contributed by atoms with Gasteiger partial charge in [-0.15, -0.1) is 11.6 Å². The van der Waals surface area contributed by atoms with Crippen LogP contribution in [-0.2, 0) is 12.4 Å². The quantitative estimate of drug-likeness (QED) is 0.748. The first kappa shape index (κ1) is 13.6. The van der Waals surface area contributed by atoms with Crippen LogP contribution in [0.5, 0.6) is 0 Å². The Hall–Kier alpha value is -1.37. The summed E-state index contributed by atoms with van der Waals surface area (Å²) in [4.78, 5) is 18.1. The predicted octanol–water partition coefficient (Wildman–Crippen LogP) is 3.37. The zero-order valence-electron chi connectivity index (χ0n) is 9.99. The molecule has 3 aromatic rings. The number of nitrogens with zero attached hydrogens (tertiary/aromatic N) is 2. The minimum atomic E-state index is -0.514. The normalized spacial score (nSPS) is 11.3. The third-order valence-electron chi connectivity index (χ3n) is 2.89. The average Bonchev–Trinajstić information content (AvgIpc) is 2.96. The molecule has 2 aromatic heterocycles. The summed E-state index contributed by atoms with van der Waals surface area (Å²) in [7, 11) is 0. The number of aromatic amines is 1. The highest BCUT2D eigenvalue weighted by Crippen LogP contribution is 2.25. The number of imidazole rings is 1. The highest BCUT2D eigenvalue weighted by molar-refractivity contribution is 7.07. The van der Waals surface area contributed by atoms with Crippen LogP contribution in [0.25, 0.3) is 11.0 Å². The Morgan fingerprint density at radius 2 is 2.25 bits per heavy atom. The van der Waals surface area contributed by atoms with E-state index in [4.69, 9.17) is 23.2 Å². The summed E-state index contributed by atoms with van der Waals surface area (Å²) in [5.41, 5.74) is 1.89. The van der Waals surface area contributed by atoms with Gasteiger partial charge in [-0.25, -0.2) is 9.37 Å². The molecule has 0 aliphatic rings. The van der Waals surface area contributed by atoms with Crippen molar-refractivity contribution in [3.8, 4) is 0 Å². The van der Waals surface area contributed by atoms with Crippen molar-refractivity contribution in [3.63, 3.8) is 0 Å². The number of alkyl halides is 1. The standard InChI is InChI=1S/C12H8Cl2FN3OS/c13-3-11-17-9-1-7(14)8(15)2-10(9)18(11)4-6-5-20-12(19)16-6/h1-2,5H,3-4H2,(H,16,19). The molecule has 0 unspecified atom stereocenters. The van der Waals surface area contributed by atoms with Crippen molar-refractivity contribution < 1.29 is 4.39 Å². The Morgan fingerprint density at radius 1 is 1.45 bits per heavy atom. The Balaban J connectivity index is 2.16. The number of hydrogen-bond donors (Lipinski definition) is 1. The number of hydrogen-bond acceptors (Lipinski definition) is 3. The summed E-state index contributed by atoms with van der Waals surface area (Å²) in [5, 5.41) is 1.74. The van der Waals surface area contributed by atoms with Gasteiger partial charge in [0.05, 0.1) is 28.5 Å². The molecule has 3 rings (SSSR count). The van der Waals surface area contributed by atoms with E-state index in [0.29, 0.717) is 23.4 Å². The van der Waals surface area contributed by atoms with Crippen LogP contribution in [0.3, 0.4) is 0 Å². The molecule has 8 heteroatoms. The minimum absolute atomic E-state index is 0.0206. The second-order valence-corrected chi connectivity index (χ2v) is 5.69. The lowest BCUT2D eigenvalue weighted by Crippen LogP contribution is -2.06. The predicted molar refractivity (Wildman–Crippen MR) is 78.3 cm³/mol. The second kappa shape index (κ2) is 5.20. The fourth-order valence-corrected chi connectivity index (χ4v) is 2.94. The zero-order chi connectivity index (χ0) is 14.3. The molecule has 0 fully saturated rings. The van der Waals surface area contributed by atoms with Gasteiger partial charge in [-0.05, 0) is 6.07 Å². The maximum Gasteiger partial charge on any atom is 0.304 e. The van der Waals surface area contributed by atoms with Gasteiger partial charge < -0.3 is 9.55 Å². The number of rotatable bonds is 3. The van der Waals surface area contributed by atoms with Crippen LogP contribution in [-0.4, -0.2) is 14.5 Å². The van der Waals surface area contributed by atoms with E-state index < -0.39 is 5.82 Å². The first-order chi connectivity index (χ1) is 9.58. The Morgan fingerprint density at radius 3 is 2.90 bits per heavy atom. The first-order valence-electron chi connectivity index (χ1n) is 5.65. The third-order valence-corrected chi connectivity index (χ3v) is 4.14. The molecule has 0 atom stereocenters. The van der Waals surface area contributed by atoms with Crippen LogP contribution >= 0.6 is 34.5 Å². The average molecular weight is 332 g/mol. The lowest BCUT2D eigenvalue weighted by Gasteiger charge is -2.06. The monoisotopic (exact) mass is 331 g/mol. The Kier molecular flexibility index (Phi) is 3.54. The van der Waals surface area contributed by atoms with E-state index in [1.54, 1.807) is 9.95 Å². The fourth-order valence-electron chi connectivity index (χ4n) is 2.01. The number of aromatic nitrogens is 3. The van der Waals surface area contributed by atoms with E-state index >= 15 is 0 Å². The van der Waals surface area contributed by atoms with E-state index in [-0.39, 0.29) is 15.8 Å². The molecule has 0 spiro atoms. The van der Waals surface area contributed by atoms with Crippen LogP contribution in [0.1, 0.15) is 11.5 Å². The number of halogens is 3. The van der Waals surface area contributed by atoms with Gasteiger partial charge in [-0.2, -0.15) is 0 Å². The number of benzene rings is 1. The molecule has 0 bridgehead atoms. The molecule has 0 aliphatic carbocycles. The van der Waals surface area contributed by atoms with Crippen molar-refractivity contribution in [2.45, 2.75) is 12.4 Å². The van der Waals surface area contributed by atoms with Crippen molar-refractivity contribution in [1.29, 1.82) is 0 Å². The van der Waals surface area contributed by atoms with Gasteiger partial charge in [0.2, 0.25) is 0 Å². The molecule has 104 valence electrons. The first-order valence-corrected chi connectivity index (χ1v) is 7.44. The van der Waals surface area contributed by atoms with Gasteiger partial charge in [0.15, 0.2) is 0 Å². The number of fused-ring (bicyclic) bond motifs is 1.